The van der Waals surface area contributed by atoms with Crippen LogP contribution in [0.25, 0.3) is 0 Å². The molecule has 0 atom stereocenters. The van der Waals surface area contributed by atoms with Crippen molar-refractivity contribution in [1.29, 1.82) is 0 Å². The Morgan fingerprint density at radius 1 is 1.50 bits per heavy atom. The molecule has 0 aliphatic heterocycles. The Bertz CT molecular complexity index is 511. The normalized spacial score (nSPS) is 10.3. The minimum Gasteiger partial charge on any atom is -0.398 e. The molecule has 0 spiro atoms. The molecular weight excluding hydrogens is 244 g/mol. The standard InChI is InChI=1S/C11H9ClN2OS/c12-7-1-2-9(10(13)3-7)11(15)4-8-5-14-6-16-8/h1-3,5-6H,4,13H2. The molecular formula is C11H9ClN2OS. The van der Waals surface area contributed by atoms with Crippen molar-refractivity contribution in [2.75, 3.05) is 5.73 Å². The number of aromatic nitrogens is 1. The molecule has 0 amide bonds. The number of ketones is 1. The minimum atomic E-state index is -0.0154. The molecule has 0 saturated heterocycles. The van der Waals surface area contributed by atoms with Crippen molar-refractivity contribution in [3.63, 3.8) is 0 Å². The number of hydrogen-bond donors (Lipinski definition) is 1. The van der Waals surface area contributed by atoms with Crippen LogP contribution in [0.2, 0.25) is 5.02 Å². The van der Waals surface area contributed by atoms with Gasteiger partial charge in [-0.25, -0.2) is 0 Å². The van der Waals surface area contributed by atoms with Gasteiger partial charge in [0.15, 0.2) is 5.78 Å². The molecule has 1 aromatic heterocycles. The molecule has 2 rings (SSSR count). The zero-order valence-electron chi connectivity index (χ0n) is 8.31. The van der Waals surface area contributed by atoms with E-state index in [1.54, 1.807) is 29.9 Å². The molecule has 0 bridgehead atoms. The molecule has 2 aromatic rings. The monoisotopic (exact) mass is 252 g/mol. The summed E-state index contributed by atoms with van der Waals surface area (Å²) < 4.78 is 0. The summed E-state index contributed by atoms with van der Waals surface area (Å²) in [5.74, 6) is -0.0154. The molecule has 82 valence electrons. The van der Waals surface area contributed by atoms with Crippen LogP contribution in [0.3, 0.4) is 0 Å². The van der Waals surface area contributed by atoms with Gasteiger partial charge in [-0.05, 0) is 18.2 Å². The van der Waals surface area contributed by atoms with E-state index in [9.17, 15) is 4.79 Å². The molecule has 0 saturated carbocycles. The SMILES string of the molecule is Nc1cc(Cl)ccc1C(=O)Cc1cncs1. The van der Waals surface area contributed by atoms with Crippen molar-refractivity contribution in [2.24, 2.45) is 0 Å². The highest BCUT2D eigenvalue weighted by Crippen LogP contribution is 2.20. The summed E-state index contributed by atoms with van der Waals surface area (Å²) in [6, 6.07) is 4.90. The summed E-state index contributed by atoms with van der Waals surface area (Å²) in [5.41, 5.74) is 8.37. The first-order valence-electron chi connectivity index (χ1n) is 4.62. The fraction of sp³-hybridized carbons (Fsp3) is 0.0909. The molecule has 0 fully saturated rings. The van der Waals surface area contributed by atoms with Gasteiger partial charge in [0.25, 0.3) is 0 Å². The smallest absolute Gasteiger partial charge is 0.170 e. The highest BCUT2D eigenvalue weighted by atomic mass is 35.5. The summed E-state index contributed by atoms with van der Waals surface area (Å²) in [5, 5.41) is 0.534. The van der Waals surface area contributed by atoms with Crippen LogP contribution in [0.15, 0.2) is 29.9 Å². The molecule has 1 heterocycles. The van der Waals surface area contributed by atoms with Crippen molar-refractivity contribution in [3.8, 4) is 0 Å². The molecule has 2 N–H and O–H groups in total. The largest absolute Gasteiger partial charge is 0.398 e. The molecule has 0 unspecified atom stereocenters. The summed E-state index contributed by atoms with van der Waals surface area (Å²) in [6.07, 6.45) is 2.02. The maximum Gasteiger partial charge on any atom is 0.170 e. The lowest BCUT2D eigenvalue weighted by molar-refractivity contribution is 0.0994. The number of nitrogens with zero attached hydrogens (tertiary/aromatic N) is 1. The Labute approximate surface area is 102 Å². The van der Waals surface area contributed by atoms with Crippen LogP contribution in [0, 0.1) is 0 Å². The van der Waals surface area contributed by atoms with Gasteiger partial charge in [-0.15, -0.1) is 11.3 Å². The van der Waals surface area contributed by atoms with Gasteiger partial charge >= 0.3 is 0 Å². The van der Waals surface area contributed by atoms with E-state index in [0.717, 1.165) is 4.88 Å². The van der Waals surface area contributed by atoms with Crippen LogP contribution in [-0.4, -0.2) is 10.8 Å². The summed E-state index contributed by atoms with van der Waals surface area (Å²) in [4.78, 5) is 16.7. The van der Waals surface area contributed by atoms with Crippen molar-refractivity contribution in [3.05, 3.63) is 45.4 Å². The van der Waals surface area contributed by atoms with E-state index >= 15 is 0 Å². The number of hydrogen-bond acceptors (Lipinski definition) is 4. The third-order valence-electron chi connectivity index (χ3n) is 2.13. The van der Waals surface area contributed by atoms with Crippen LogP contribution in [-0.2, 0) is 6.42 Å². The number of carbonyl (C=O) groups is 1. The second-order valence-corrected chi connectivity index (χ2v) is 4.71. The van der Waals surface area contributed by atoms with E-state index in [2.05, 4.69) is 4.98 Å². The summed E-state index contributed by atoms with van der Waals surface area (Å²) >= 11 is 7.22. The number of thiazole rings is 1. The number of Topliss-reactive ketones (excluding diaryl/α,β-unsaturated/α-hetero) is 1. The Kier molecular flexibility index (Phi) is 3.22. The lowest BCUT2D eigenvalue weighted by Gasteiger charge is -2.03. The average Bonchev–Trinajstić information content (AvgIpc) is 2.70. The van der Waals surface area contributed by atoms with E-state index in [1.165, 1.54) is 11.3 Å². The summed E-state index contributed by atoms with van der Waals surface area (Å²) in [7, 11) is 0. The van der Waals surface area contributed by atoms with Gasteiger partial charge in [0.05, 0.1) is 5.51 Å². The van der Waals surface area contributed by atoms with Crippen molar-refractivity contribution in [1.82, 2.24) is 4.98 Å². The Morgan fingerprint density at radius 2 is 2.31 bits per heavy atom. The molecule has 0 aliphatic carbocycles. The Hall–Kier alpha value is -1.39. The molecule has 3 nitrogen and oxygen atoms in total. The fourth-order valence-electron chi connectivity index (χ4n) is 1.37. The van der Waals surface area contributed by atoms with Crippen LogP contribution in [0.1, 0.15) is 15.2 Å². The first kappa shape index (κ1) is 11.1. The molecule has 5 heteroatoms. The first-order valence-corrected chi connectivity index (χ1v) is 5.88. The highest BCUT2D eigenvalue weighted by Gasteiger charge is 2.11. The zero-order chi connectivity index (χ0) is 11.5. The summed E-state index contributed by atoms with van der Waals surface area (Å²) in [6.45, 7) is 0. The average molecular weight is 253 g/mol. The molecule has 0 aliphatic rings. The second kappa shape index (κ2) is 4.63. The van der Waals surface area contributed by atoms with Gasteiger partial charge in [-0.1, -0.05) is 11.6 Å². The second-order valence-electron chi connectivity index (χ2n) is 3.30. The third kappa shape index (κ3) is 2.40. The van der Waals surface area contributed by atoms with Crippen LogP contribution >= 0.6 is 22.9 Å². The van der Waals surface area contributed by atoms with Gasteiger partial charge in [0.2, 0.25) is 0 Å². The van der Waals surface area contributed by atoms with E-state index < -0.39 is 0 Å². The van der Waals surface area contributed by atoms with E-state index in [1.807, 2.05) is 0 Å². The van der Waals surface area contributed by atoms with Crippen molar-refractivity contribution in [2.45, 2.75) is 6.42 Å². The van der Waals surface area contributed by atoms with Crippen LogP contribution < -0.4 is 5.73 Å². The minimum absolute atomic E-state index is 0.0154. The number of benzene rings is 1. The maximum atomic E-state index is 11.9. The van der Waals surface area contributed by atoms with Crippen LogP contribution in [0.5, 0.6) is 0 Å². The molecule has 16 heavy (non-hydrogen) atoms. The number of nitrogen functional groups attached to an aromatic ring is 1. The Balaban J connectivity index is 2.21. The predicted octanol–water partition coefficient (Wildman–Crippen LogP) is 2.80. The topological polar surface area (TPSA) is 56.0 Å². The maximum absolute atomic E-state index is 11.9. The van der Waals surface area contributed by atoms with E-state index in [-0.39, 0.29) is 5.78 Å². The lowest BCUT2D eigenvalue weighted by atomic mass is 10.1. The van der Waals surface area contributed by atoms with Gasteiger partial charge < -0.3 is 5.73 Å². The number of halogens is 1. The third-order valence-corrected chi connectivity index (χ3v) is 3.15. The number of carbonyl (C=O) groups excluding carboxylic acids is 1. The number of nitrogens with two attached hydrogens (primary N) is 1. The van der Waals surface area contributed by atoms with Gasteiger partial charge in [-0.2, -0.15) is 0 Å². The quantitative estimate of drug-likeness (QED) is 0.675. The first-order chi connectivity index (χ1) is 7.66. The van der Waals surface area contributed by atoms with E-state index in [0.29, 0.717) is 22.7 Å². The van der Waals surface area contributed by atoms with Gasteiger partial charge in [0.1, 0.15) is 0 Å². The Morgan fingerprint density at radius 3 is 2.94 bits per heavy atom. The van der Waals surface area contributed by atoms with Crippen molar-refractivity contribution < 1.29 is 4.79 Å². The van der Waals surface area contributed by atoms with Gasteiger partial charge in [0, 0.05) is 33.8 Å². The predicted molar refractivity (Wildman–Crippen MR) is 66.0 cm³/mol. The van der Waals surface area contributed by atoms with Crippen molar-refractivity contribution >= 4 is 34.4 Å². The number of anilines is 1. The zero-order valence-corrected chi connectivity index (χ0v) is 9.89. The lowest BCUT2D eigenvalue weighted by Crippen LogP contribution is -2.06. The fourth-order valence-corrected chi connectivity index (χ4v) is 2.14. The molecule has 1 aromatic carbocycles. The van der Waals surface area contributed by atoms with Gasteiger partial charge in [-0.3, -0.25) is 9.78 Å². The van der Waals surface area contributed by atoms with E-state index in [4.69, 9.17) is 17.3 Å². The molecule has 0 radical (unpaired) electrons. The number of rotatable bonds is 3. The van der Waals surface area contributed by atoms with Crippen LogP contribution in [0.4, 0.5) is 5.69 Å². The highest BCUT2D eigenvalue weighted by molar-refractivity contribution is 7.09.